The predicted octanol–water partition coefficient (Wildman–Crippen LogP) is 4.77. The van der Waals surface area contributed by atoms with E-state index in [0.717, 1.165) is 36.3 Å². The van der Waals surface area contributed by atoms with Crippen molar-refractivity contribution in [1.82, 2.24) is 9.80 Å². The Kier molecular flexibility index (Phi) is 8.47. The van der Waals surface area contributed by atoms with Gasteiger partial charge >= 0.3 is 0 Å². The number of piperidine rings is 1. The highest BCUT2D eigenvalue weighted by Crippen LogP contribution is 2.30. The van der Waals surface area contributed by atoms with E-state index in [4.69, 9.17) is 14.2 Å². The van der Waals surface area contributed by atoms with Crippen LogP contribution in [-0.4, -0.2) is 62.2 Å². The Morgan fingerprint density at radius 2 is 1.82 bits per heavy atom. The molecule has 1 heterocycles. The highest BCUT2D eigenvalue weighted by molar-refractivity contribution is 5.92. The van der Waals surface area contributed by atoms with E-state index in [1.165, 1.54) is 32.4 Å². The molecule has 0 spiro atoms. The van der Waals surface area contributed by atoms with E-state index in [9.17, 15) is 4.79 Å². The van der Waals surface area contributed by atoms with Crippen LogP contribution in [0.1, 0.15) is 43.2 Å². The fraction of sp³-hybridized carbons (Fsp3) is 0.464. The minimum atomic E-state index is 0.0219. The minimum Gasteiger partial charge on any atom is -0.493 e. The Morgan fingerprint density at radius 1 is 1.03 bits per heavy atom. The lowest BCUT2D eigenvalue weighted by molar-refractivity contribution is -0.127. The lowest BCUT2D eigenvalue weighted by Crippen LogP contribution is -2.33. The number of benzene rings is 2. The topological polar surface area (TPSA) is 51.2 Å². The SMILES string of the molecule is COc1ccc(C=CC(=O)N(Cc2cccc(OCCN3CCCCC3)c2)C2CC2)cc1OC. The van der Waals surface area contributed by atoms with Crippen LogP contribution >= 0.6 is 0 Å². The first kappa shape index (κ1) is 24.1. The van der Waals surface area contributed by atoms with Crippen LogP contribution < -0.4 is 14.2 Å². The highest BCUT2D eigenvalue weighted by Gasteiger charge is 2.31. The number of methoxy groups -OCH3 is 2. The average molecular weight is 465 g/mol. The van der Waals surface area contributed by atoms with Crippen molar-refractivity contribution < 1.29 is 19.0 Å². The molecule has 6 heteroatoms. The van der Waals surface area contributed by atoms with Gasteiger partial charge in [-0.25, -0.2) is 0 Å². The third kappa shape index (κ3) is 6.76. The summed E-state index contributed by atoms with van der Waals surface area (Å²) in [5, 5.41) is 0. The predicted molar refractivity (Wildman–Crippen MR) is 134 cm³/mol. The monoisotopic (exact) mass is 464 g/mol. The number of ether oxygens (including phenoxy) is 3. The molecular weight excluding hydrogens is 428 g/mol. The molecule has 4 rings (SSSR count). The van der Waals surface area contributed by atoms with E-state index in [2.05, 4.69) is 17.0 Å². The largest absolute Gasteiger partial charge is 0.493 e. The first-order chi connectivity index (χ1) is 16.7. The van der Waals surface area contributed by atoms with Gasteiger partial charge in [-0.15, -0.1) is 0 Å². The molecule has 0 N–H and O–H groups in total. The molecule has 2 aromatic rings. The molecule has 0 radical (unpaired) electrons. The number of nitrogens with zero attached hydrogens (tertiary/aromatic N) is 2. The molecule has 0 atom stereocenters. The van der Waals surface area contributed by atoms with Crippen LogP contribution in [0.15, 0.2) is 48.5 Å². The summed E-state index contributed by atoms with van der Waals surface area (Å²) in [4.78, 5) is 17.5. The number of rotatable bonds is 11. The van der Waals surface area contributed by atoms with Crippen LogP contribution in [0, 0.1) is 0 Å². The summed E-state index contributed by atoms with van der Waals surface area (Å²) in [6.45, 7) is 4.61. The summed E-state index contributed by atoms with van der Waals surface area (Å²) < 4.78 is 16.7. The number of carbonyl (C=O) groups excluding carboxylic acids is 1. The molecule has 0 unspecified atom stereocenters. The molecule has 182 valence electrons. The van der Waals surface area contributed by atoms with Crippen LogP contribution in [0.2, 0.25) is 0 Å². The molecule has 0 bridgehead atoms. The summed E-state index contributed by atoms with van der Waals surface area (Å²) in [7, 11) is 3.22. The smallest absolute Gasteiger partial charge is 0.247 e. The molecule has 6 nitrogen and oxygen atoms in total. The van der Waals surface area contributed by atoms with Crippen LogP contribution in [-0.2, 0) is 11.3 Å². The number of likely N-dealkylation sites (tertiary alicyclic amines) is 1. The molecule has 1 amide bonds. The second kappa shape index (κ2) is 11.9. The number of hydrogen-bond donors (Lipinski definition) is 0. The van der Waals surface area contributed by atoms with Crippen LogP contribution in [0.3, 0.4) is 0 Å². The first-order valence-corrected chi connectivity index (χ1v) is 12.3. The molecule has 1 saturated carbocycles. The maximum atomic E-state index is 13.1. The number of carbonyl (C=O) groups is 1. The van der Waals surface area contributed by atoms with Crippen molar-refractivity contribution in [3.63, 3.8) is 0 Å². The van der Waals surface area contributed by atoms with Gasteiger partial charge in [0.2, 0.25) is 5.91 Å². The van der Waals surface area contributed by atoms with E-state index in [-0.39, 0.29) is 5.91 Å². The first-order valence-electron chi connectivity index (χ1n) is 12.3. The Hall–Kier alpha value is -2.99. The van der Waals surface area contributed by atoms with Crippen molar-refractivity contribution in [3.8, 4) is 17.2 Å². The van der Waals surface area contributed by atoms with Crippen molar-refractivity contribution >= 4 is 12.0 Å². The van der Waals surface area contributed by atoms with Gasteiger partial charge in [0, 0.05) is 25.2 Å². The van der Waals surface area contributed by atoms with Gasteiger partial charge in [-0.05, 0) is 80.2 Å². The molecule has 34 heavy (non-hydrogen) atoms. The fourth-order valence-corrected chi connectivity index (χ4v) is 4.40. The number of amides is 1. The minimum absolute atomic E-state index is 0.0219. The summed E-state index contributed by atoms with van der Waals surface area (Å²) >= 11 is 0. The van der Waals surface area contributed by atoms with E-state index < -0.39 is 0 Å². The summed E-state index contributed by atoms with van der Waals surface area (Å²) in [6, 6.07) is 14.1. The molecule has 2 aromatic carbocycles. The summed E-state index contributed by atoms with van der Waals surface area (Å²) in [5.74, 6) is 2.21. The zero-order valence-electron chi connectivity index (χ0n) is 20.4. The van der Waals surface area contributed by atoms with Crippen molar-refractivity contribution in [2.24, 2.45) is 0 Å². The van der Waals surface area contributed by atoms with Gasteiger partial charge < -0.3 is 19.1 Å². The van der Waals surface area contributed by atoms with Crippen LogP contribution in [0.4, 0.5) is 0 Å². The molecule has 2 fully saturated rings. The third-order valence-electron chi connectivity index (χ3n) is 6.47. The maximum absolute atomic E-state index is 13.1. The van der Waals surface area contributed by atoms with E-state index in [1.807, 2.05) is 41.3 Å². The Morgan fingerprint density at radius 3 is 2.56 bits per heavy atom. The standard InChI is InChI=1S/C28H36N2O4/c1-32-26-13-9-22(20-27(26)33-2)10-14-28(31)30(24-11-12-24)21-23-7-6-8-25(19-23)34-18-17-29-15-4-3-5-16-29/h6-10,13-14,19-20,24H,3-5,11-12,15-18,21H2,1-2H3. The maximum Gasteiger partial charge on any atom is 0.247 e. The quantitative estimate of drug-likeness (QED) is 0.448. The van der Waals surface area contributed by atoms with E-state index in [0.29, 0.717) is 30.7 Å². The van der Waals surface area contributed by atoms with Gasteiger partial charge in [0.05, 0.1) is 14.2 Å². The van der Waals surface area contributed by atoms with Crippen LogP contribution in [0.5, 0.6) is 17.2 Å². The van der Waals surface area contributed by atoms with Gasteiger partial charge in [0.1, 0.15) is 12.4 Å². The van der Waals surface area contributed by atoms with Gasteiger partial charge in [-0.2, -0.15) is 0 Å². The van der Waals surface area contributed by atoms with Crippen LogP contribution in [0.25, 0.3) is 6.08 Å². The number of hydrogen-bond acceptors (Lipinski definition) is 5. The van der Waals surface area contributed by atoms with Gasteiger partial charge in [-0.1, -0.05) is 24.6 Å². The van der Waals surface area contributed by atoms with Crippen molar-refractivity contribution in [2.75, 3.05) is 40.5 Å². The lowest BCUT2D eigenvalue weighted by atomic mass is 10.1. The van der Waals surface area contributed by atoms with Gasteiger partial charge in [0.15, 0.2) is 11.5 Å². The second-order valence-electron chi connectivity index (χ2n) is 9.04. The van der Waals surface area contributed by atoms with Gasteiger partial charge in [-0.3, -0.25) is 9.69 Å². The van der Waals surface area contributed by atoms with E-state index >= 15 is 0 Å². The zero-order valence-corrected chi connectivity index (χ0v) is 20.4. The van der Waals surface area contributed by atoms with Crippen molar-refractivity contribution in [2.45, 2.75) is 44.7 Å². The summed E-state index contributed by atoms with van der Waals surface area (Å²) in [5.41, 5.74) is 1.99. The zero-order chi connectivity index (χ0) is 23.8. The molecule has 2 aliphatic rings. The molecular formula is C28H36N2O4. The molecule has 1 aliphatic carbocycles. The second-order valence-corrected chi connectivity index (χ2v) is 9.04. The highest BCUT2D eigenvalue weighted by atomic mass is 16.5. The molecule has 1 saturated heterocycles. The Bertz CT molecular complexity index is 980. The third-order valence-corrected chi connectivity index (χ3v) is 6.47. The van der Waals surface area contributed by atoms with Gasteiger partial charge in [0.25, 0.3) is 0 Å². The summed E-state index contributed by atoms with van der Waals surface area (Å²) in [6.07, 6.45) is 9.53. The Balaban J connectivity index is 1.35. The van der Waals surface area contributed by atoms with Crippen molar-refractivity contribution in [3.05, 3.63) is 59.7 Å². The fourth-order valence-electron chi connectivity index (χ4n) is 4.40. The normalized spacial score (nSPS) is 16.4. The van der Waals surface area contributed by atoms with E-state index in [1.54, 1.807) is 20.3 Å². The molecule has 1 aliphatic heterocycles. The lowest BCUT2D eigenvalue weighted by Gasteiger charge is -2.26. The Labute approximate surface area is 203 Å². The van der Waals surface area contributed by atoms with Crippen molar-refractivity contribution in [1.29, 1.82) is 0 Å². The average Bonchev–Trinajstić information content (AvgIpc) is 3.72. The molecule has 0 aromatic heterocycles.